The highest BCUT2D eigenvalue weighted by molar-refractivity contribution is 5.83. The lowest BCUT2D eigenvalue weighted by Crippen LogP contribution is -2.34. The number of aliphatic hydroxyl groups excluding tert-OH is 1. The molecule has 0 heterocycles. The van der Waals surface area contributed by atoms with Crippen molar-refractivity contribution in [1.29, 1.82) is 0 Å². The molecule has 22 heavy (non-hydrogen) atoms. The fourth-order valence-electron chi connectivity index (χ4n) is 1.90. The van der Waals surface area contributed by atoms with E-state index in [2.05, 4.69) is 10.9 Å². The summed E-state index contributed by atoms with van der Waals surface area (Å²) in [4.78, 5) is 11.9. The smallest absolute Gasteiger partial charge is 0.271 e. The molecule has 1 amide bonds. The summed E-state index contributed by atoms with van der Waals surface area (Å²) in [5.41, 5.74) is 6.10. The number of carbonyl (C=O) groups excluding carboxylic acids is 1. The zero-order chi connectivity index (χ0) is 16.1. The van der Waals surface area contributed by atoms with Crippen LogP contribution in [0.5, 0.6) is 5.75 Å². The second-order valence-corrected chi connectivity index (χ2v) is 4.78. The first-order chi connectivity index (χ1) is 10.5. The highest BCUT2D eigenvalue weighted by atomic mass is 19.1. The van der Waals surface area contributed by atoms with E-state index in [9.17, 15) is 14.3 Å². The van der Waals surface area contributed by atoms with Crippen molar-refractivity contribution in [1.82, 2.24) is 5.43 Å². The summed E-state index contributed by atoms with van der Waals surface area (Å²) in [5, 5.41) is 10.0. The summed E-state index contributed by atoms with van der Waals surface area (Å²) in [7, 11) is 1.49. The van der Waals surface area contributed by atoms with Gasteiger partial charge in [0.2, 0.25) is 0 Å². The first kappa shape index (κ1) is 15.8. The summed E-state index contributed by atoms with van der Waals surface area (Å²) < 4.78 is 18.6. The minimum atomic E-state index is -1.39. The quantitative estimate of drug-likeness (QED) is 0.741. The van der Waals surface area contributed by atoms with Crippen molar-refractivity contribution in [2.24, 2.45) is 0 Å². The number of hydrazine groups is 1. The number of methoxy groups -OCH3 is 1. The molecule has 1 atom stereocenters. The molecule has 1 unspecified atom stereocenters. The highest BCUT2D eigenvalue weighted by Crippen LogP contribution is 2.19. The number of rotatable bonds is 5. The van der Waals surface area contributed by atoms with Crippen molar-refractivity contribution in [3.05, 3.63) is 59.4 Å². The summed E-state index contributed by atoms with van der Waals surface area (Å²) in [6.45, 7) is 1.80. The second-order valence-electron chi connectivity index (χ2n) is 4.78. The summed E-state index contributed by atoms with van der Waals surface area (Å²) in [6.07, 6.45) is -1.39. The van der Waals surface area contributed by atoms with Crippen LogP contribution in [-0.2, 0) is 4.79 Å². The molecule has 116 valence electrons. The highest BCUT2D eigenvalue weighted by Gasteiger charge is 2.18. The van der Waals surface area contributed by atoms with Gasteiger partial charge < -0.3 is 9.84 Å². The van der Waals surface area contributed by atoms with Crippen LogP contribution in [0.3, 0.4) is 0 Å². The SMILES string of the molecule is COc1cccc(C(O)C(=O)NNc2cc(C)ccc2F)c1. The average Bonchev–Trinajstić information content (AvgIpc) is 2.54. The van der Waals surface area contributed by atoms with E-state index in [1.54, 1.807) is 43.3 Å². The van der Waals surface area contributed by atoms with Crippen molar-refractivity contribution in [2.45, 2.75) is 13.0 Å². The number of aryl methyl sites for hydroxylation is 1. The summed E-state index contributed by atoms with van der Waals surface area (Å²) in [6, 6.07) is 11.0. The number of halogens is 1. The van der Waals surface area contributed by atoms with Crippen LogP contribution in [0.25, 0.3) is 0 Å². The lowest BCUT2D eigenvalue weighted by Gasteiger charge is -2.14. The molecule has 6 heteroatoms. The molecule has 0 aliphatic carbocycles. The van der Waals surface area contributed by atoms with E-state index in [0.717, 1.165) is 5.56 Å². The number of anilines is 1. The molecule has 0 bridgehead atoms. The molecule has 0 radical (unpaired) electrons. The van der Waals surface area contributed by atoms with Gasteiger partial charge in [-0.25, -0.2) is 4.39 Å². The predicted molar refractivity (Wildman–Crippen MR) is 80.9 cm³/mol. The fraction of sp³-hybridized carbons (Fsp3) is 0.188. The van der Waals surface area contributed by atoms with Gasteiger partial charge in [-0.05, 0) is 42.3 Å². The molecule has 5 nitrogen and oxygen atoms in total. The molecule has 0 aliphatic rings. The molecule has 0 aromatic heterocycles. The van der Waals surface area contributed by atoms with Gasteiger partial charge in [0.25, 0.3) is 5.91 Å². The minimum Gasteiger partial charge on any atom is -0.497 e. The Bertz CT molecular complexity index is 676. The number of hydrogen-bond donors (Lipinski definition) is 3. The van der Waals surface area contributed by atoms with Crippen molar-refractivity contribution in [3.63, 3.8) is 0 Å². The minimum absolute atomic E-state index is 0.131. The van der Waals surface area contributed by atoms with Crippen LogP contribution in [0.1, 0.15) is 17.2 Å². The number of benzene rings is 2. The summed E-state index contributed by atoms with van der Waals surface area (Å²) >= 11 is 0. The van der Waals surface area contributed by atoms with E-state index in [0.29, 0.717) is 11.3 Å². The number of amides is 1. The summed E-state index contributed by atoms with van der Waals surface area (Å²) in [5.74, 6) is -0.669. The van der Waals surface area contributed by atoms with E-state index in [-0.39, 0.29) is 5.69 Å². The van der Waals surface area contributed by atoms with Crippen LogP contribution in [0.2, 0.25) is 0 Å². The number of aliphatic hydroxyl groups is 1. The monoisotopic (exact) mass is 304 g/mol. The fourth-order valence-corrected chi connectivity index (χ4v) is 1.90. The molecule has 3 N–H and O–H groups in total. The zero-order valence-corrected chi connectivity index (χ0v) is 12.3. The maximum absolute atomic E-state index is 13.5. The van der Waals surface area contributed by atoms with Crippen molar-refractivity contribution in [2.75, 3.05) is 12.5 Å². The maximum Gasteiger partial charge on any atom is 0.271 e. The topological polar surface area (TPSA) is 70.6 Å². The van der Waals surface area contributed by atoms with E-state index in [1.807, 2.05) is 0 Å². The molecule has 2 aromatic rings. The van der Waals surface area contributed by atoms with E-state index >= 15 is 0 Å². The molecule has 0 saturated heterocycles. The Hall–Kier alpha value is -2.60. The Morgan fingerprint density at radius 3 is 2.77 bits per heavy atom. The second kappa shape index (κ2) is 6.91. The zero-order valence-electron chi connectivity index (χ0n) is 12.3. The maximum atomic E-state index is 13.5. The standard InChI is InChI=1S/C16H17FN2O3/c1-10-6-7-13(17)14(8-10)18-19-16(21)15(20)11-4-3-5-12(9-11)22-2/h3-9,15,18,20H,1-2H3,(H,19,21). The third-order valence-corrected chi connectivity index (χ3v) is 3.10. The lowest BCUT2D eigenvalue weighted by molar-refractivity contribution is -0.129. The first-order valence-corrected chi connectivity index (χ1v) is 6.65. The van der Waals surface area contributed by atoms with Crippen molar-refractivity contribution < 1.29 is 19.0 Å². The molecular weight excluding hydrogens is 287 g/mol. The number of nitrogens with one attached hydrogen (secondary N) is 2. The van der Waals surface area contributed by atoms with Gasteiger partial charge in [0.05, 0.1) is 12.8 Å². The Balaban J connectivity index is 2.03. The largest absolute Gasteiger partial charge is 0.497 e. The van der Waals surface area contributed by atoms with Gasteiger partial charge in [-0.2, -0.15) is 0 Å². The Kier molecular flexibility index (Phi) is 4.95. The molecule has 2 rings (SSSR count). The van der Waals surface area contributed by atoms with Crippen molar-refractivity contribution in [3.8, 4) is 5.75 Å². The van der Waals surface area contributed by atoms with Crippen LogP contribution < -0.4 is 15.6 Å². The van der Waals surface area contributed by atoms with Crippen LogP contribution in [0.15, 0.2) is 42.5 Å². The Labute approximate surface area is 127 Å². The molecule has 0 saturated carbocycles. The average molecular weight is 304 g/mol. The van der Waals surface area contributed by atoms with Crippen LogP contribution >= 0.6 is 0 Å². The number of hydrogen-bond acceptors (Lipinski definition) is 4. The van der Waals surface area contributed by atoms with Gasteiger partial charge in [-0.15, -0.1) is 0 Å². The van der Waals surface area contributed by atoms with Crippen LogP contribution in [-0.4, -0.2) is 18.1 Å². The van der Waals surface area contributed by atoms with Crippen molar-refractivity contribution >= 4 is 11.6 Å². The molecule has 2 aromatic carbocycles. The Morgan fingerprint density at radius 2 is 2.05 bits per heavy atom. The number of carbonyl (C=O) groups is 1. The van der Waals surface area contributed by atoms with E-state index < -0.39 is 17.8 Å². The number of ether oxygens (including phenoxy) is 1. The molecule has 0 aliphatic heterocycles. The first-order valence-electron chi connectivity index (χ1n) is 6.65. The van der Waals surface area contributed by atoms with E-state index in [1.165, 1.54) is 13.2 Å². The molecular formula is C16H17FN2O3. The van der Waals surface area contributed by atoms with Gasteiger partial charge >= 0.3 is 0 Å². The van der Waals surface area contributed by atoms with Crippen LogP contribution in [0.4, 0.5) is 10.1 Å². The van der Waals surface area contributed by atoms with Gasteiger partial charge in [0.15, 0.2) is 6.10 Å². The predicted octanol–water partition coefficient (Wildman–Crippen LogP) is 2.32. The lowest BCUT2D eigenvalue weighted by atomic mass is 10.1. The van der Waals surface area contributed by atoms with Gasteiger partial charge in [0, 0.05) is 0 Å². The van der Waals surface area contributed by atoms with Gasteiger partial charge in [-0.1, -0.05) is 18.2 Å². The van der Waals surface area contributed by atoms with E-state index in [4.69, 9.17) is 4.74 Å². The van der Waals surface area contributed by atoms with Gasteiger partial charge in [-0.3, -0.25) is 15.6 Å². The third kappa shape index (κ3) is 3.73. The van der Waals surface area contributed by atoms with Crippen LogP contribution in [0, 0.1) is 12.7 Å². The van der Waals surface area contributed by atoms with Gasteiger partial charge in [0.1, 0.15) is 11.6 Å². The third-order valence-electron chi connectivity index (χ3n) is 3.10. The molecule has 0 fully saturated rings. The Morgan fingerprint density at radius 1 is 1.27 bits per heavy atom. The normalized spacial score (nSPS) is 11.6. The molecule has 0 spiro atoms.